The van der Waals surface area contributed by atoms with Gasteiger partial charge in [0.15, 0.2) is 6.29 Å². The quantitative estimate of drug-likeness (QED) is 0.333. The summed E-state index contributed by atoms with van der Waals surface area (Å²) in [6, 6.07) is 8.00. The van der Waals surface area contributed by atoms with Gasteiger partial charge in [-0.05, 0) is 34.6 Å². The highest BCUT2D eigenvalue weighted by molar-refractivity contribution is 7.27. The van der Waals surface area contributed by atoms with Gasteiger partial charge in [0, 0.05) is 6.54 Å². The van der Waals surface area contributed by atoms with Crippen molar-refractivity contribution in [3.05, 3.63) is 81.0 Å². The summed E-state index contributed by atoms with van der Waals surface area (Å²) < 4.78 is 90.9. The molecule has 0 amide bonds. The van der Waals surface area contributed by atoms with Crippen molar-refractivity contribution in [2.45, 2.75) is 51.7 Å². The Labute approximate surface area is 216 Å². The average Bonchev–Trinajstić information content (AvgIpc) is 3.28. The van der Waals surface area contributed by atoms with Gasteiger partial charge in [0.25, 0.3) is 0 Å². The number of rotatable bonds is 6. The van der Waals surface area contributed by atoms with Crippen LogP contribution in [0.3, 0.4) is 0 Å². The molecule has 2 N–H and O–H groups in total. The van der Waals surface area contributed by atoms with Crippen LogP contribution in [0, 0.1) is 0 Å². The molecule has 0 bridgehead atoms. The van der Waals surface area contributed by atoms with E-state index in [1.807, 2.05) is 43.0 Å². The minimum Gasteiger partial charge on any atom is -0.349 e. The maximum Gasteiger partial charge on any atom is 0.416 e. The van der Waals surface area contributed by atoms with Crippen LogP contribution in [0.1, 0.15) is 48.0 Å². The highest BCUT2D eigenvalue weighted by atomic mass is 31.0. The summed E-state index contributed by atoms with van der Waals surface area (Å²) in [5.41, 5.74) is -2.88. The van der Waals surface area contributed by atoms with Gasteiger partial charge in [-0.15, -0.1) is 9.24 Å². The molecule has 14 heteroatoms. The van der Waals surface area contributed by atoms with E-state index >= 15 is 0 Å². The van der Waals surface area contributed by atoms with Gasteiger partial charge in [0.1, 0.15) is 5.82 Å². The molecular formula is C24H27F6N4O3P. The Hall–Kier alpha value is -2.73. The Balaban J connectivity index is 0.00000195. The standard InChI is InChI=1S/C22H21F6N4O3P.C2H6/c23-21(24,25)14-7-12(8-15(9-14)22(26,27)28)11-35-19-18(13-1-3-16(36)4-2-13)32(5-6-34-19)10-17-29-20(33)31-30-17;1-2/h1-4,7-9,18-19H,5-6,10-11,36H2,(H2,29,30,31,33);1-2H3. The van der Waals surface area contributed by atoms with Crippen LogP contribution in [0.4, 0.5) is 26.3 Å². The fourth-order valence-electron chi connectivity index (χ4n) is 3.92. The van der Waals surface area contributed by atoms with Gasteiger partial charge in [0.05, 0.1) is 36.9 Å². The number of aromatic amines is 2. The molecule has 4 rings (SSSR count). The normalized spacial score (nSPS) is 18.7. The molecule has 3 aromatic rings. The van der Waals surface area contributed by atoms with E-state index in [4.69, 9.17) is 9.47 Å². The van der Waals surface area contributed by atoms with E-state index in [0.29, 0.717) is 24.5 Å². The van der Waals surface area contributed by atoms with Crippen molar-refractivity contribution in [3.8, 4) is 0 Å². The monoisotopic (exact) mass is 564 g/mol. The summed E-state index contributed by atoms with van der Waals surface area (Å²) in [6.07, 6.45) is -10.9. The molecule has 2 heterocycles. The van der Waals surface area contributed by atoms with Crippen molar-refractivity contribution >= 4 is 14.5 Å². The van der Waals surface area contributed by atoms with E-state index in [-0.39, 0.29) is 24.8 Å². The molecule has 3 unspecified atom stereocenters. The summed E-state index contributed by atoms with van der Waals surface area (Å²) in [5.74, 6) is 0.348. The molecule has 2 aromatic carbocycles. The average molecular weight is 564 g/mol. The van der Waals surface area contributed by atoms with Crippen LogP contribution in [0.25, 0.3) is 0 Å². The summed E-state index contributed by atoms with van der Waals surface area (Å²) >= 11 is 0. The van der Waals surface area contributed by atoms with Crippen LogP contribution in [-0.2, 0) is 35.0 Å². The van der Waals surface area contributed by atoms with Crippen LogP contribution < -0.4 is 11.0 Å². The number of benzene rings is 2. The first kappa shape index (κ1) is 29.8. The highest BCUT2D eigenvalue weighted by Crippen LogP contribution is 2.37. The predicted octanol–water partition coefficient (Wildman–Crippen LogP) is 4.78. The predicted molar refractivity (Wildman–Crippen MR) is 130 cm³/mol. The van der Waals surface area contributed by atoms with Gasteiger partial charge < -0.3 is 9.47 Å². The first-order valence-electron chi connectivity index (χ1n) is 11.6. The highest BCUT2D eigenvalue weighted by Gasteiger charge is 2.38. The van der Waals surface area contributed by atoms with Crippen molar-refractivity contribution in [3.63, 3.8) is 0 Å². The van der Waals surface area contributed by atoms with Crippen LogP contribution in [-0.4, -0.2) is 39.5 Å². The number of nitrogens with zero attached hydrogens (tertiary/aromatic N) is 2. The van der Waals surface area contributed by atoms with E-state index in [1.54, 1.807) is 0 Å². The maximum atomic E-state index is 13.2. The number of hydrogen-bond acceptors (Lipinski definition) is 5. The fraction of sp³-hybridized carbons (Fsp3) is 0.417. The summed E-state index contributed by atoms with van der Waals surface area (Å²) in [7, 11) is 2.54. The summed E-state index contributed by atoms with van der Waals surface area (Å²) in [4.78, 5) is 15.9. The van der Waals surface area contributed by atoms with Gasteiger partial charge in [-0.2, -0.15) is 31.4 Å². The minimum absolute atomic E-state index is 0.0696. The number of alkyl halides is 6. The Morgan fingerprint density at radius 2 is 1.66 bits per heavy atom. The van der Waals surface area contributed by atoms with E-state index in [0.717, 1.165) is 10.9 Å². The van der Waals surface area contributed by atoms with Crippen LogP contribution >= 0.6 is 9.24 Å². The van der Waals surface area contributed by atoms with E-state index < -0.39 is 48.1 Å². The van der Waals surface area contributed by atoms with Crippen LogP contribution in [0.5, 0.6) is 0 Å². The second kappa shape index (κ2) is 12.4. The number of morpholine rings is 1. The Morgan fingerprint density at radius 1 is 1.05 bits per heavy atom. The number of hydrogen-bond donors (Lipinski definition) is 2. The smallest absolute Gasteiger partial charge is 0.349 e. The molecule has 208 valence electrons. The lowest BCUT2D eigenvalue weighted by Gasteiger charge is -2.40. The lowest BCUT2D eigenvalue weighted by Crippen LogP contribution is -2.46. The van der Waals surface area contributed by atoms with E-state index in [1.165, 1.54) is 0 Å². The number of nitrogens with one attached hydrogen (secondary N) is 2. The molecule has 1 fully saturated rings. The number of ether oxygens (including phenoxy) is 2. The van der Waals surface area contributed by atoms with Gasteiger partial charge in [0.2, 0.25) is 0 Å². The molecule has 1 saturated heterocycles. The molecule has 3 atom stereocenters. The lowest BCUT2D eigenvalue weighted by atomic mass is 10.0. The molecule has 38 heavy (non-hydrogen) atoms. The molecule has 7 nitrogen and oxygen atoms in total. The van der Waals surface area contributed by atoms with Crippen molar-refractivity contribution in [2.75, 3.05) is 13.2 Å². The zero-order valence-electron chi connectivity index (χ0n) is 20.5. The van der Waals surface area contributed by atoms with E-state index in [9.17, 15) is 31.1 Å². The number of H-pyrrole nitrogens is 2. The summed E-state index contributed by atoms with van der Waals surface area (Å²) in [6.45, 7) is 4.22. The third kappa shape index (κ3) is 7.66. The van der Waals surface area contributed by atoms with Crippen molar-refractivity contribution in [2.24, 2.45) is 0 Å². The topological polar surface area (TPSA) is 83.2 Å². The van der Waals surface area contributed by atoms with Crippen LogP contribution in [0.2, 0.25) is 0 Å². The Bertz CT molecular complexity index is 1210. The van der Waals surface area contributed by atoms with Crippen LogP contribution in [0.15, 0.2) is 47.3 Å². The van der Waals surface area contributed by atoms with Gasteiger partial charge >= 0.3 is 18.0 Å². The van der Waals surface area contributed by atoms with Crippen molar-refractivity contribution in [1.29, 1.82) is 0 Å². The largest absolute Gasteiger partial charge is 0.416 e. The fourth-order valence-corrected chi connectivity index (χ4v) is 4.11. The van der Waals surface area contributed by atoms with Gasteiger partial charge in [-0.1, -0.05) is 38.1 Å². The zero-order valence-corrected chi connectivity index (χ0v) is 21.6. The number of aromatic nitrogens is 3. The second-order valence-corrected chi connectivity index (χ2v) is 8.84. The third-order valence-corrected chi connectivity index (χ3v) is 5.94. The Kier molecular flexibility index (Phi) is 9.74. The molecule has 1 aliphatic rings. The minimum atomic E-state index is -4.96. The molecule has 1 aromatic heterocycles. The molecule has 0 radical (unpaired) electrons. The van der Waals surface area contributed by atoms with E-state index in [2.05, 4.69) is 24.4 Å². The van der Waals surface area contributed by atoms with Crippen molar-refractivity contribution < 1.29 is 35.8 Å². The second-order valence-electron chi connectivity index (χ2n) is 8.17. The molecule has 0 spiro atoms. The first-order chi connectivity index (χ1) is 17.9. The first-order valence-corrected chi connectivity index (χ1v) is 12.2. The SMILES string of the molecule is CC.O=c1[nH]nc(CN2CCOC(OCc3cc(C(F)(F)F)cc(C(F)(F)F)c3)C2c2ccc(P)cc2)[nH]1. The summed E-state index contributed by atoms with van der Waals surface area (Å²) in [5, 5.41) is 7.08. The third-order valence-electron chi connectivity index (χ3n) is 5.55. The van der Waals surface area contributed by atoms with Crippen molar-refractivity contribution in [1.82, 2.24) is 20.1 Å². The maximum absolute atomic E-state index is 13.2. The molecule has 0 aliphatic carbocycles. The van der Waals surface area contributed by atoms with Gasteiger partial charge in [-0.25, -0.2) is 9.89 Å². The zero-order chi connectivity index (χ0) is 28.1. The lowest BCUT2D eigenvalue weighted by molar-refractivity contribution is -0.218. The molecule has 0 saturated carbocycles. The molecule has 1 aliphatic heterocycles. The molecular weight excluding hydrogens is 537 g/mol. The number of halogens is 6. The van der Waals surface area contributed by atoms with Gasteiger partial charge in [-0.3, -0.25) is 9.88 Å². The Morgan fingerprint density at radius 3 is 2.18 bits per heavy atom.